The number of nitrogens with one attached hydrogen (secondary N) is 1. The van der Waals surface area contributed by atoms with Gasteiger partial charge in [0.05, 0.1) is 19.8 Å². The van der Waals surface area contributed by atoms with Crippen LogP contribution in [0.25, 0.3) is 0 Å². The Morgan fingerprint density at radius 3 is 2.71 bits per heavy atom. The topological polar surface area (TPSA) is 33.7 Å². The number of ether oxygens (including phenoxy) is 2. The molecule has 0 spiro atoms. The predicted octanol–water partition coefficient (Wildman–Crippen LogP) is 2.46. The van der Waals surface area contributed by atoms with Gasteiger partial charge in [-0.15, -0.1) is 0 Å². The third kappa shape index (κ3) is 4.70. The summed E-state index contributed by atoms with van der Waals surface area (Å²) in [7, 11) is 0. The van der Waals surface area contributed by atoms with Gasteiger partial charge in [0, 0.05) is 25.2 Å². The molecule has 2 atom stereocenters. The molecule has 2 rings (SSSR count). The molecule has 0 amide bonds. The maximum atomic E-state index is 5.52. The normalized spacial score (nSPS) is 21.2. The summed E-state index contributed by atoms with van der Waals surface area (Å²) in [5, 5.41) is 3.59. The zero-order valence-electron chi connectivity index (χ0n) is 13.5. The van der Waals surface area contributed by atoms with Gasteiger partial charge in [-0.2, -0.15) is 0 Å². The van der Waals surface area contributed by atoms with E-state index in [-0.39, 0.29) is 0 Å². The highest BCUT2D eigenvalue weighted by Gasteiger charge is 2.22. The molecule has 0 saturated carbocycles. The molecule has 0 aromatic heterocycles. The van der Waals surface area contributed by atoms with Gasteiger partial charge in [0.2, 0.25) is 0 Å². The van der Waals surface area contributed by atoms with Crippen molar-refractivity contribution >= 4 is 0 Å². The summed E-state index contributed by atoms with van der Waals surface area (Å²) in [6, 6.07) is 9.30. The minimum atomic E-state index is 0.353. The lowest BCUT2D eigenvalue weighted by Crippen LogP contribution is -2.47. The van der Waals surface area contributed by atoms with Gasteiger partial charge in [-0.3, -0.25) is 4.90 Å². The molecular formula is C17H28N2O2. The molecule has 4 nitrogen and oxygen atoms in total. The van der Waals surface area contributed by atoms with Crippen LogP contribution in [-0.2, 0) is 4.74 Å². The number of nitrogens with zero attached hydrogens (tertiary/aromatic N) is 1. The molecule has 1 heterocycles. The Morgan fingerprint density at radius 2 is 2.10 bits per heavy atom. The van der Waals surface area contributed by atoms with E-state index in [9.17, 15) is 0 Å². The first-order chi connectivity index (χ1) is 10.2. The summed E-state index contributed by atoms with van der Waals surface area (Å²) in [4.78, 5) is 2.51. The Bertz CT molecular complexity index is 408. The van der Waals surface area contributed by atoms with Gasteiger partial charge in [0.25, 0.3) is 0 Å². The average Bonchev–Trinajstić information content (AvgIpc) is 2.50. The Hall–Kier alpha value is -1.10. The van der Waals surface area contributed by atoms with Gasteiger partial charge in [0.15, 0.2) is 0 Å². The highest BCUT2D eigenvalue weighted by Crippen LogP contribution is 2.20. The minimum Gasteiger partial charge on any atom is -0.494 e. The first kappa shape index (κ1) is 16.3. The van der Waals surface area contributed by atoms with Crippen LogP contribution in [0.15, 0.2) is 24.3 Å². The molecule has 118 valence electrons. The van der Waals surface area contributed by atoms with Crippen LogP contribution in [0.3, 0.4) is 0 Å². The van der Waals surface area contributed by atoms with Gasteiger partial charge in [-0.25, -0.2) is 0 Å². The first-order valence-electron chi connectivity index (χ1n) is 8.02. The molecule has 1 fully saturated rings. The van der Waals surface area contributed by atoms with E-state index < -0.39 is 0 Å². The molecule has 1 saturated heterocycles. The van der Waals surface area contributed by atoms with Crippen LogP contribution in [0.1, 0.15) is 32.4 Å². The van der Waals surface area contributed by atoms with E-state index in [0.29, 0.717) is 18.7 Å². The monoisotopic (exact) mass is 292 g/mol. The molecule has 1 aromatic carbocycles. The van der Waals surface area contributed by atoms with Crippen LogP contribution in [0.4, 0.5) is 0 Å². The summed E-state index contributed by atoms with van der Waals surface area (Å²) in [5.74, 6) is 0.941. The zero-order valence-corrected chi connectivity index (χ0v) is 13.5. The van der Waals surface area contributed by atoms with E-state index in [1.54, 1.807) is 0 Å². The third-order valence-electron chi connectivity index (χ3n) is 3.97. The number of hydrogen-bond donors (Lipinski definition) is 1. The van der Waals surface area contributed by atoms with Crippen LogP contribution >= 0.6 is 0 Å². The van der Waals surface area contributed by atoms with Crippen molar-refractivity contribution in [3.8, 4) is 5.75 Å². The second kappa shape index (κ2) is 8.37. The van der Waals surface area contributed by atoms with E-state index >= 15 is 0 Å². The molecule has 2 unspecified atom stereocenters. The van der Waals surface area contributed by atoms with Crippen LogP contribution in [0.5, 0.6) is 5.75 Å². The van der Waals surface area contributed by atoms with Crippen molar-refractivity contribution in [3.05, 3.63) is 29.8 Å². The average molecular weight is 292 g/mol. The highest BCUT2D eigenvalue weighted by atomic mass is 16.5. The Kier molecular flexibility index (Phi) is 6.49. The van der Waals surface area contributed by atoms with Crippen LogP contribution in [-0.4, -0.2) is 50.4 Å². The van der Waals surface area contributed by atoms with Crippen molar-refractivity contribution in [2.45, 2.75) is 32.9 Å². The maximum Gasteiger partial charge on any atom is 0.119 e. The van der Waals surface area contributed by atoms with Crippen molar-refractivity contribution in [2.75, 3.05) is 39.5 Å². The van der Waals surface area contributed by atoms with E-state index in [4.69, 9.17) is 9.47 Å². The third-order valence-corrected chi connectivity index (χ3v) is 3.97. The molecule has 1 aliphatic heterocycles. The second-order valence-electron chi connectivity index (χ2n) is 5.53. The Balaban J connectivity index is 2.03. The lowest BCUT2D eigenvalue weighted by Gasteiger charge is -2.36. The summed E-state index contributed by atoms with van der Waals surface area (Å²) in [5.41, 5.74) is 1.32. The number of morpholine rings is 1. The first-order valence-corrected chi connectivity index (χ1v) is 8.02. The smallest absolute Gasteiger partial charge is 0.119 e. The largest absolute Gasteiger partial charge is 0.494 e. The van der Waals surface area contributed by atoms with Crippen LogP contribution in [0, 0.1) is 0 Å². The molecule has 0 aliphatic carbocycles. The number of likely N-dealkylation sites (N-methyl/N-ethyl adjacent to an activating group) is 1. The van der Waals surface area contributed by atoms with Crippen LogP contribution < -0.4 is 10.1 Å². The van der Waals surface area contributed by atoms with Gasteiger partial charge < -0.3 is 14.8 Å². The summed E-state index contributed by atoms with van der Waals surface area (Å²) < 4.78 is 11.0. The number of hydrogen-bond acceptors (Lipinski definition) is 4. The molecular weight excluding hydrogens is 264 g/mol. The molecule has 4 heteroatoms. The van der Waals surface area contributed by atoms with Crippen molar-refractivity contribution in [1.29, 1.82) is 0 Å². The van der Waals surface area contributed by atoms with Crippen molar-refractivity contribution in [3.63, 3.8) is 0 Å². The molecule has 1 N–H and O–H groups in total. The van der Waals surface area contributed by atoms with E-state index in [1.807, 2.05) is 6.92 Å². The molecule has 21 heavy (non-hydrogen) atoms. The fraction of sp³-hybridized carbons (Fsp3) is 0.647. The van der Waals surface area contributed by atoms with Crippen molar-refractivity contribution in [2.24, 2.45) is 0 Å². The molecule has 0 bridgehead atoms. The van der Waals surface area contributed by atoms with Crippen molar-refractivity contribution in [1.82, 2.24) is 10.2 Å². The van der Waals surface area contributed by atoms with Gasteiger partial charge in [-0.1, -0.05) is 19.1 Å². The molecule has 1 aliphatic rings. The fourth-order valence-corrected chi connectivity index (χ4v) is 2.76. The van der Waals surface area contributed by atoms with Crippen LogP contribution in [0.2, 0.25) is 0 Å². The minimum absolute atomic E-state index is 0.353. The van der Waals surface area contributed by atoms with E-state index in [2.05, 4.69) is 48.3 Å². The highest BCUT2D eigenvalue weighted by molar-refractivity contribution is 5.29. The van der Waals surface area contributed by atoms with E-state index in [0.717, 1.165) is 38.6 Å². The number of rotatable bonds is 7. The standard InChI is InChI=1S/C17H28N2O2/c1-4-18-17(12-19-10-11-20-13-14(19)3)15-6-8-16(9-7-15)21-5-2/h6-9,14,17-18H,4-5,10-13H2,1-3H3. The van der Waals surface area contributed by atoms with Gasteiger partial charge in [0.1, 0.15) is 5.75 Å². The van der Waals surface area contributed by atoms with Gasteiger partial charge >= 0.3 is 0 Å². The fourth-order valence-electron chi connectivity index (χ4n) is 2.76. The maximum absolute atomic E-state index is 5.52. The second-order valence-corrected chi connectivity index (χ2v) is 5.53. The molecule has 0 radical (unpaired) electrons. The van der Waals surface area contributed by atoms with E-state index in [1.165, 1.54) is 5.56 Å². The SMILES string of the molecule is CCNC(CN1CCOCC1C)c1ccc(OCC)cc1. The molecule has 1 aromatic rings. The summed E-state index contributed by atoms with van der Waals surface area (Å²) in [6.07, 6.45) is 0. The Morgan fingerprint density at radius 1 is 1.33 bits per heavy atom. The Labute approximate surface area is 128 Å². The zero-order chi connectivity index (χ0) is 15.1. The summed E-state index contributed by atoms with van der Waals surface area (Å²) >= 11 is 0. The lowest BCUT2D eigenvalue weighted by molar-refractivity contribution is -0.00442. The quantitative estimate of drug-likeness (QED) is 0.837. The predicted molar refractivity (Wildman–Crippen MR) is 85.9 cm³/mol. The lowest BCUT2D eigenvalue weighted by atomic mass is 10.0. The van der Waals surface area contributed by atoms with Crippen molar-refractivity contribution < 1.29 is 9.47 Å². The summed E-state index contributed by atoms with van der Waals surface area (Å²) in [6.45, 7) is 11.8. The number of benzene rings is 1. The van der Waals surface area contributed by atoms with Gasteiger partial charge in [-0.05, 0) is 38.1 Å².